The lowest BCUT2D eigenvalue weighted by Gasteiger charge is -2.31. The molecule has 182 valence electrons. The van der Waals surface area contributed by atoms with Crippen molar-refractivity contribution >= 4 is 34.9 Å². The van der Waals surface area contributed by atoms with Crippen molar-refractivity contribution in [3.8, 4) is 0 Å². The lowest BCUT2D eigenvalue weighted by atomic mass is 9.99. The molecule has 4 rings (SSSR count). The summed E-state index contributed by atoms with van der Waals surface area (Å²) in [6.45, 7) is 5.82. The van der Waals surface area contributed by atoms with Gasteiger partial charge in [0.05, 0.1) is 17.7 Å². The topological polar surface area (TPSA) is 78.9 Å². The molecule has 1 saturated heterocycles. The van der Waals surface area contributed by atoms with Gasteiger partial charge in [-0.1, -0.05) is 54.1 Å². The second kappa shape index (κ2) is 10.1. The van der Waals surface area contributed by atoms with E-state index in [9.17, 15) is 14.7 Å². The number of halogens is 1. The van der Waals surface area contributed by atoms with Crippen LogP contribution in [-0.4, -0.2) is 40.3 Å². The highest BCUT2D eigenvalue weighted by atomic mass is 35.5. The third-order valence-electron chi connectivity index (χ3n) is 6.43. The Balaban J connectivity index is 1.49. The molecule has 0 saturated carbocycles. The van der Waals surface area contributed by atoms with Gasteiger partial charge in [-0.3, -0.25) is 9.69 Å². The number of carbonyl (C=O) groups excluding carboxylic acids is 1. The zero-order valence-electron chi connectivity index (χ0n) is 20.0. The van der Waals surface area contributed by atoms with Gasteiger partial charge in [-0.2, -0.15) is 0 Å². The summed E-state index contributed by atoms with van der Waals surface area (Å²) in [6.07, 6.45) is 0.340. The van der Waals surface area contributed by atoms with E-state index in [-0.39, 0.29) is 11.8 Å². The van der Waals surface area contributed by atoms with Crippen LogP contribution in [0.25, 0.3) is 0 Å². The Morgan fingerprint density at radius 1 is 1.09 bits per heavy atom. The van der Waals surface area contributed by atoms with Gasteiger partial charge in [0.25, 0.3) is 0 Å². The van der Waals surface area contributed by atoms with Crippen molar-refractivity contribution in [2.45, 2.75) is 45.4 Å². The Morgan fingerprint density at radius 3 is 2.51 bits per heavy atom. The number of carboxylic acid groups (broad SMARTS) is 1. The number of para-hydroxylation sites is 1. The molecular formula is C28H29ClN2O4. The molecule has 1 atom stereocenters. The van der Waals surface area contributed by atoms with Gasteiger partial charge in [0.15, 0.2) is 5.78 Å². The van der Waals surface area contributed by atoms with E-state index >= 15 is 0 Å². The Bertz CT molecular complexity index is 1260. The van der Waals surface area contributed by atoms with E-state index in [1.54, 1.807) is 32.0 Å². The summed E-state index contributed by atoms with van der Waals surface area (Å²) < 4.78 is 5.71. The Labute approximate surface area is 210 Å². The molecule has 0 radical (unpaired) electrons. The molecule has 0 aliphatic carbocycles. The number of carbonyl (C=O) groups is 2. The maximum Gasteiger partial charge on any atom is 0.409 e. The predicted molar refractivity (Wildman–Crippen MR) is 138 cm³/mol. The second-order valence-electron chi connectivity index (χ2n) is 9.22. The summed E-state index contributed by atoms with van der Waals surface area (Å²) in [4.78, 5) is 26.1. The molecule has 7 heteroatoms. The molecule has 6 nitrogen and oxygen atoms in total. The van der Waals surface area contributed by atoms with Crippen molar-refractivity contribution in [2.75, 3.05) is 11.9 Å². The van der Waals surface area contributed by atoms with Crippen LogP contribution in [0.4, 0.5) is 16.2 Å². The molecule has 35 heavy (non-hydrogen) atoms. The first kappa shape index (κ1) is 24.8. The van der Waals surface area contributed by atoms with Crippen molar-refractivity contribution < 1.29 is 19.4 Å². The first-order valence-corrected chi connectivity index (χ1v) is 12.0. The van der Waals surface area contributed by atoms with Crippen LogP contribution in [0.2, 0.25) is 5.02 Å². The molecule has 0 spiro atoms. The fraction of sp³-hybridized carbons (Fsp3) is 0.286. The van der Waals surface area contributed by atoms with Crippen molar-refractivity contribution in [1.29, 1.82) is 0 Å². The van der Waals surface area contributed by atoms with Gasteiger partial charge >= 0.3 is 6.09 Å². The summed E-state index contributed by atoms with van der Waals surface area (Å²) in [5.41, 5.74) is 3.89. The van der Waals surface area contributed by atoms with Gasteiger partial charge in [-0.25, -0.2) is 4.79 Å². The first-order valence-electron chi connectivity index (χ1n) is 11.6. The van der Waals surface area contributed by atoms with Crippen molar-refractivity contribution in [2.24, 2.45) is 0 Å². The zero-order valence-corrected chi connectivity index (χ0v) is 20.8. The van der Waals surface area contributed by atoms with Gasteiger partial charge in [0.2, 0.25) is 0 Å². The number of aryl methyl sites for hydroxylation is 2. The van der Waals surface area contributed by atoms with Crippen molar-refractivity contribution in [1.82, 2.24) is 4.90 Å². The van der Waals surface area contributed by atoms with Gasteiger partial charge in [0.1, 0.15) is 5.72 Å². The molecule has 1 aliphatic heterocycles. The van der Waals surface area contributed by atoms with Crippen LogP contribution in [0.1, 0.15) is 47.3 Å². The SMILES string of the molecule is Cc1ccccc1C(=O)c1ccc(Nc2ccccc2CC[C@@H]2COC(C)(C)N2C(=O)O)cc1Cl. The molecule has 1 aliphatic rings. The summed E-state index contributed by atoms with van der Waals surface area (Å²) in [7, 11) is 0. The molecule has 1 amide bonds. The zero-order chi connectivity index (χ0) is 25.2. The van der Waals surface area contributed by atoms with E-state index in [1.165, 1.54) is 4.90 Å². The number of anilines is 2. The van der Waals surface area contributed by atoms with E-state index in [2.05, 4.69) is 5.32 Å². The fourth-order valence-electron chi connectivity index (χ4n) is 4.57. The van der Waals surface area contributed by atoms with E-state index in [0.717, 1.165) is 22.5 Å². The van der Waals surface area contributed by atoms with E-state index in [0.29, 0.717) is 35.6 Å². The van der Waals surface area contributed by atoms with E-state index in [4.69, 9.17) is 16.3 Å². The number of hydrogen-bond donors (Lipinski definition) is 2. The molecule has 3 aromatic rings. The molecule has 0 aromatic heterocycles. The van der Waals surface area contributed by atoms with Crippen LogP contribution in [0.5, 0.6) is 0 Å². The number of nitrogens with one attached hydrogen (secondary N) is 1. The van der Waals surface area contributed by atoms with Crippen LogP contribution in [0.15, 0.2) is 66.7 Å². The average Bonchev–Trinajstić information content (AvgIpc) is 3.12. The van der Waals surface area contributed by atoms with Crippen LogP contribution in [0.3, 0.4) is 0 Å². The normalized spacial score (nSPS) is 16.8. The van der Waals surface area contributed by atoms with Crippen LogP contribution in [0, 0.1) is 6.92 Å². The molecular weight excluding hydrogens is 464 g/mol. The summed E-state index contributed by atoms with van der Waals surface area (Å²) in [5, 5.41) is 13.4. The maximum absolute atomic E-state index is 13.0. The lowest BCUT2D eigenvalue weighted by molar-refractivity contribution is -0.0421. The number of benzene rings is 3. The standard InChI is InChI=1S/C28H29ClN2O4/c1-18-8-4-6-10-22(18)26(32)23-15-13-20(16-24(23)29)30-25-11-7-5-9-19(25)12-14-21-17-35-28(2,3)31(21)27(33)34/h4-11,13,15-16,21,30H,12,14,17H2,1-3H3,(H,33,34)/t21-/m1/s1. The third kappa shape index (κ3) is 5.34. The summed E-state index contributed by atoms with van der Waals surface area (Å²) in [6, 6.07) is 20.5. The number of hydrogen-bond acceptors (Lipinski definition) is 4. The monoisotopic (exact) mass is 492 g/mol. The average molecular weight is 493 g/mol. The smallest absolute Gasteiger partial charge is 0.409 e. The number of rotatable bonds is 7. The van der Waals surface area contributed by atoms with Crippen molar-refractivity contribution in [3.63, 3.8) is 0 Å². The highest BCUT2D eigenvalue weighted by Gasteiger charge is 2.43. The molecule has 1 heterocycles. The summed E-state index contributed by atoms with van der Waals surface area (Å²) in [5.74, 6) is -0.107. The molecule has 0 unspecified atom stereocenters. The molecule has 3 aromatic carbocycles. The molecule has 2 N–H and O–H groups in total. The third-order valence-corrected chi connectivity index (χ3v) is 6.74. The Morgan fingerprint density at radius 2 is 1.80 bits per heavy atom. The molecule has 0 bridgehead atoms. The van der Waals surface area contributed by atoms with E-state index < -0.39 is 11.8 Å². The number of amides is 1. The van der Waals surface area contributed by atoms with Gasteiger partial charge in [-0.15, -0.1) is 0 Å². The minimum absolute atomic E-state index is 0.107. The summed E-state index contributed by atoms with van der Waals surface area (Å²) >= 11 is 6.52. The minimum Gasteiger partial charge on any atom is -0.465 e. The van der Waals surface area contributed by atoms with Crippen molar-refractivity contribution in [3.05, 3.63) is 94.0 Å². The number of ether oxygens (including phenoxy) is 1. The largest absolute Gasteiger partial charge is 0.465 e. The van der Waals surface area contributed by atoms with Crippen LogP contribution < -0.4 is 5.32 Å². The van der Waals surface area contributed by atoms with Crippen LogP contribution >= 0.6 is 11.6 Å². The molecule has 1 fully saturated rings. The highest BCUT2D eigenvalue weighted by Crippen LogP contribution is 2.32. The quantitative estimate of drug-likeness (QED) is 0.360. The predicted octanol–water partition coefficient (Wildman–Crippen LogP) is 6.67. The Hall–Kier alpha value is -3.35. The van der Waals surface area contributed by atoms with Gasteiger partial charge < -0.3 is 15.2 Å². The number of ketones is 1. The fourth-order valence-corrected chi connectivity index (χ4v) is 4.84. The highest BCUT2D eigenvalue weighted by molar-refractivity contribution is 6.35. The Kier molecular flexibility index (Phi) is 7.15. The van der Waals surface area contributed by atoms with Crippen LogP contribution in [-0.2, 0) is 11.2 Å². The minimum atomic E-state index is -0.973. The second-order valence-corrected chi connectivity index (χ2v) is 9.63. The number of nitrogens with zero attached hydrogens (tertiary/aromatic N) is 1. The lowest BCUT2D eigenvalue weighted by Crippen LogP contribution is -2.47. The van der Waals surface area contributed by atoms with E-state index in [1.807, 2.05) is 55.5 Å². The maximum atomic E-state index is 13.0. The van der Waals surface area contributed by atoms with Gasteiger partial charge in [0, 0.05) is 22.5 Å². The van der Waals surface area contributed by atoms with Gasteiger partial charge in [-0.05, 0) is 69.0 Å². The first-order chi connectivity index (χ1) is 16.7.